The molecule has 2 heteroatoms. The van der Waals surface area contributed by atoms with Crippen molar-refractivity contribution in [1.29, 1.82) is 0 Å². The highest BCUT2D eigenvalue weighted by Gasteiger charge is 2.24. The average molecular weight is 283 g/mol. The molecule has 0 fully saturated rings. The fourth-order valence-electron chi connectivity index (χ4n) is 2.57. The van der Waals surface area contributed by atoms with E-state index in [9.17, 15) is 5.11 Å². The lowest BCUT2D eigenvalue weighted by Crippen LogP contribution is -2.43. The Labute approximate surface area is 127 Å². The van der Waals surface area contributed by atoms with Gasteiger partial charge in [0.1, 0.15) is 0 Å². The van der Waals surface area contributed by atoms with Gasteiger partial charge in [-0.1, -0.05) is 67.6 Å². The van der Waals surface area contributed by atoms with Gasteiger partial charge in [-0.3, -0.25) is 0 Å². The molecule has 0 radical (unpaired) electrons. The van der Waals surface area contributed by atoms with Crippen LogP contribution in [0.5, 0.6) is 0 Å². The summed E-state index contributed by atoms with van der Waals surface area (Å²) in [5.41, 5.74) is 2.11. The van der Waals surface area contributed by atoms with E-state index in [4.69, 9.17) is 0 Å². The number of aliphatic hydroxyl groups is 1. The molecule has 0 spiro atoms. The predicted octanol–water partition coefficient (Wildman–Crippen LogP) is 3.68. The molecule has 0 aromatic heterocycles. The van der Waals surface area contributed by atoms with Crippen LogP contribution in [0.25, 0.3) is 0 Å². The highest BCUT2D eigenvalue weighted by molar-refractivity contribution is 5.24. The molecule has 2 atom stereocenters. The zero-order valence-corrected chi connectivity index (χ0v) is 12.9. The van der Waals surface area contributed by atoms with Crippen molar-refractivity contribution >= 4 is 0 Å². The van der Waals surface area contributed by atoms with E-state index >= 15 is 0 Å². The SMILES string of the molecule is CC(CCNC(C)(CO)c1ccccc1)c1ccccc1. The number of benzene rings is 2. The van der Waals surface area contributed by atoms with E-state index in [1.807, 2.05) is 24.3 Å². The molecular formula is C19H25NO. The number of aliphatic hydroxyl groups excluding tert-OH is 1. The van der Waals surface area contributed by atoms with Crippen LogP contribution in [-0.4, -0.2) is 18.3 Å². The lowest BCUT2D eigenvalue weighted by molar-refractivity contribution is 0.174. The van der Waals surface area contributed by atoms with E-state index < -0.39 is 0 Å². The van der Waals surface area contributed by atoms with Crippen molar-refractivity contribution in [3.63, 3.8) is 0 Å². The maximum atomic E-state index is 9.76. The van der Waals surface area contributed by atoms with E-state index in [1.54, 1.807) is 0 Å². The fraction of sp³-hybridized carbons (Fsp3) is 0.368. The molecule has 2 N–H and O–H groups in total. The van der Waals surface area contributed by atoms with Gasteiger partial charge in [-0.25, -0.2) is 0 Å². The molecule has 2 nitrogen and oxygen atoms in total. The summed E-state index contributed by atoms with van der Waals surface area (Å²) in [6.07, 6.45) is 1.05. The largest absolute Gasteiger partial charge is 0.394 e. The first-order valence-corrected chi connectivity index (χ1v) is 7.62. The lowest BCUT2D eigenvalue weighted by atomic mass is 9.92. The van der Waals surface area contributed by atoms with E-state index in [-0.39, 0.29) is 12.1 Å². The van der Waals surface area contributed by atoms with Crippen molar-refractivity contribution < 1.29 is 5.11 Å². The molecule has 21 heavy (non-hydrogen) atoms. The fourth-order valence-corrected chi connectivity index (χ4v) is 2.57. The second-order valence-electron chi connectivity index (χ2n) is 5.88. The van der Waals surface area contributed by atoms with Gasteiger partial charge in [0.15, 0.2) is 0 Å². The number of nitrogens with one attached hydrogen (secondary N) is 1. The highest BCUT2D eigenvalue weighted by Crippen LogP contribution is 2.22. The van der Waals surface area contributed by atoms with Crippen LogP contribution in [0.15, 0.2) is 60.7 Å². The third kappa shape index (κ3) is 4.16. The smallest absolute Gasteiger partial charge is 0.0652 e. The number of rotatable bonds is 7. The summed E-state index contributed by atoms with van der Waals surface area (Å²) in [7, 11) is 0. The molecule has 2 rings (SSSR count). The lowest BCUT2D eigenvalue weighted by Gasteiger charge is -2.30. The molecule has 0 aliphatic rings. The number of hydrogen-bond donors (Lipinski definition) is 2. The van der Waals surface area contributed by atoms with E-state index in [0.717, 1.165) is 18.5 Å². The van der Waals surface area contributed by atoms with Crippen LogP contribution in [-0.2, 0) is 5.54 Å². The van der Waals surface area contributed by atoms with Crippen LogP contribution < -0.4 is 5.32 Å². The van der Waals surface area contributed by atoms with Gasteiger partial charge in [-0.05, 0) is 36.9 Å². The van der Waals surface area contributed by atoms with E-state index in [1.165, 1.54) is 5.56 Å². The monoisotopic (exact) mass is 283 g/mol. The molecular weight excluding hydrogens is 258 g/mol. The Morgan fingerprint density at radius 2 is 1.57 bits per heavy atom. The van der Waals surface area contributed by atoms with Gasteiger partial charge in [0, 0.05) is 0 Å². The van der Waals surface area contributed by atoms with Crippen LogP contribution in [0, 0.1) is 0 Å². The first-order chi connectivity index (χ1) is 10.2. The molecule has 0 aliphatic carbocycles. The van der Waals surface area contributed by atoms with Crippen LogP contribution in [0.1, 0.15) is 37.3 Å². The van der Waals surface area contributed by atoms with Gasteiger partial charge in [0.25, 0.3) is 0 Å². The minimum atomic E-state index is -0.377. The molecule has 0 heterocycles. The second-order valence-corrected chi connectivity index (χ2v) is 5.88. The minimum Gasteiger partial charge on any atom is -0.394 e. The minimum absolute atomic E-state index is 0.0940. The Kier molecular flexibility index (Phi) is 5.54. The summed E-state index contributed by atoms with van der Waals surface area (Å²) in [5, 5.41) is 13.3. The summed E-state index contributed by atoms with van der Waals surface area (Å²) in [4.78, 5) is 0. The van der Waals surface area contributed by atoms with Crippen LogP contribution in [0.2, 0.25) is 0 Å². The molecule has 112 valence electrons. The third-order valence-electron chi connectivity index (χ3n) is 4.19. The normalized spacial score (nSPS) is 15.4. The molecule has 2 unspecified atom stereocenters. The van der Waals surface area contributed by atoms with E-state index in [0.29, 0.717) is 5.92 Å². The maximum absolute atomic E-state index is 9.76. The van der Waals surface area contributed by atoms with Gasteiger partial charge in [-0.2, -0.15) is 0 Å². The first kappa shape index (κ1) is 15.7. The molecule has 0 bridgehead atoms. The Balaban J connectivity index is 1.92. The molecule has 0 amide bonds. The standard InChI is InChI=1S/C19H25NO/c1-16(17-9-5-3-6-10-17)13-14-20-19(2,15-21)18-11-7-4-8-12-18/h3-12,16,20-21H,13-15H2,1-2H3. The zero-order valence-electron chi connectivity index (χ0n) is 12.9. The molecule has 0 saturated heterocycles. The van der Waals surface area contributed by atoms with Crippen LogP contribution in [0.4, 0.5) is 0 Å². The van der Waals surface area contributed by atoms with Crippen molar-refractivity contribution in [2.45, 2.75) is 31.7 Å². The Morgan fingerprint density at radius 1 is 1.00 bits per heavy atom. The van der Waals surface area contributed by atoms with Crippen molar-refractivity contribution in [2.24, 2.45) is 0 Å². The summed E-state index contributed by atoms with van der Waals surface area (Å²) < 4.78 is 0. The Bertz CT molecular complexity index is 526. The molecule has 0 aliphatic heterocycles. The summed E-state index contributed by atoms with van der Waals surface area (Å²) in [6.45, 7) is 5.27. The molecule has 2 aromatic rings. The molecule has 0 saturated carbocycles. The van der Waals surface area contributed by atoms with Crippen LogP contribution in [0.3, 0.4) is 0 Å². The van der Waals surface area contributed by atoms with E-state index in [2.05, 4.69) is 55.6 Å². The van der Waals surface area contributed by atoms with Crippen molar-refractivity contribution in [2.75, 3.05) is 13.2 Å². The van der Waals surface area contributed by atoms with Gasteiger partial charge >= 0.3 is 0 Å². The van der Waals surface area contributed by atoms with Crippen molar-refractivity contribution in [3.8, 4) is 0 Å². The Morgan fingerprint density at radius 3 is 2.14 bits per heavy atom. The molecule has 2 aromatic carbocycles. The van der Waals surface area contributed by atoms with Crippen LogP contribution >= 0.6 is 0 Å². The van der Waals surface area contributed by atoms with Crippen molar-refractivity contribution in [3.05, 3.63) is 71.8 Å². The predicted molar refractivity (Wildman–Crippen MR) is 88.4 cm³/mol. The quantitative estimate of drug-likeness (QED) is 0.812. The first-order valence-electron chi connectivity index (χ1n) is 7.62. The van der Waals surface area contributed by atoms with Gasteiger partial charge in [0.05, 0.1) is 12.1 Å². The zero-order chi connectivity index (χ0) is 15.1. The number of hydrogen-bond acceptors (Lipinski definition) is 2. The van der Waals surface area contributed by atoms with Gasteiger partial charge in [-0.15, -0.1) is 0 Å². The van der Waals surface area contributed by atoms with Gasteiger partial charge < -0.3 is 10.4 Å². The topological polar surface area (TPSA) is 32.3 Å². The van der Waals surface area contributed by atoms with Crippen molar-refractivity contribution in [1.82, 2.24) is 5.32 Å². The second kappa shape index (κ2) is 7.39. The van der Waals surface area contributed by atoms with Gasteiger partial charge in [0.2, 0.25) is 0 Å². The highest BCUT2D eigenvalue weighted by atomic mass is 16.3. The summed E-state index contributed by atoms with van der Waals surface area (Å²) in [5.74, 6) is 0.511. The Hall–Kier alpha value is -1.64. The third-order valence-corrected chi connectivity index (χ3v) is 4.19. The summed E-state index contributed by atoms with van der Waals surface area (Å²) >= 11 is 0. The maximum Gasteiger partial charge on any atom is 0.0652 e. The average Bonchev–Trinajstić information content (AvgIpc) is 2.56. The summed E-state index contributed by atoms with van der Waals surface area (Å²) in [6, 6.07) is 20.7.